The smallest absolute Gasteiger partial charge is 0.112 e. The second-order valence-corrected chi connectivity index (χ2v) is 10.1. The van der Waals surface area contributed by atoms with E-state index in [9.17, 15) is 0 Å². The first-order valence-electron chi connectivity index (χ1n) is 9.12. The molecule has 0 aromatic heterocycles. The Morgan fingerprint density at radius 1 is 0.704 bits per heavy atom. The van der Waals surface area contributed by atoms with Gasteiger partial charge in [-0.25, -0.2) is 0 Å². The summed E-state index contributed by atoms with van der Waals surface area (Å²) in [5.41, 5.74) is 1.12. The molecule has 0 unspecified atom stereocenters. The van der Waals surface area contributed by atoms with Crippen molar-refractivity contribution in [1.82, 2.24) is 0 Å². The van der Waals surface area contributed by atoms with E-state index in [1.54, 1.807) is 0 Å². The first-order valence-corrected chi connectivity index (χ1v) is 11.1. The van der Waals surface area contributed by atoms with E-state index < -0.39 is 7.26 Å². The summed E-state index contributed by atoms with van der Waals surface area (Å²) in [6.45, 7) is 7.96. The molecule has 0 saturated heterocycles. The lowest BCUT2D eigenvalue weighted by Gasteiger charge is -2.27. The maximum atomic E-state index is 4.11. The number of benzene rings is 3. The highest BCUT2D eigenvalue weighted by Crippen LogP contribution is 2.56. The highest BCUT2D eigenvalue weighted by Gasteiger charge is 2.44. The molecule has 3 aromatic rings. The summed E-state index contributed by atoms with van der Waals surface area (Å²) in [7, 11) is -1.70. The molecule has 3 rings (SSSR count). The zero-order chi connectivity index (χ0) is 18.2. The topological polar surface area (TPSA) is 0 Å². The van der Waals surface area contributed by atoms with Crippen molar-refractivity contribution >= 4 is 23.2 Å². The Hall–Kier alpha value is -1.70. The maximum Gasteiger partial charge on any atom is 0.112 e. The van der Waals surface area contributed by atoms with Gasteiger partial charge in [-0.2, -0.15) is 0 Å². The van der Waals surface area contributed by atoms with Gasteiger partial charge in [-0.3, -0.25) is 0 Å². The second kappa shape index (κ2) is 10.6. The molecule has 3 aromatic carbocycles. The molecule has 0 aliphatic heterocycles. The van der Waals surface area contributed by atoms with Gasteiger partial charge in [0.05, 0.1) is 6.16 Å². The van der Waals surface area contributed by atoms with Crippen LogP contribution in [0.5, 0.6) is 0 Å². The summed E-state index contributed by atoms with van der Waals surface area (Å²) in [5.74, 6) is 0. The highest BCUT2D eigenvalue weighted by molar-refractivity contribution is 7.95. The van der Waals surface area contributed by atoms with E-state index in [4.69, 9.17) is 0 Å². The van der Waals surface area contributed by atoms with Crippen LogP contribution in [0.1, 0.15) is 12.8 Å². The Balaban J connectivity index is 0.00000261. The molecule has 27 heavy (non-hydrogen) atoms. The Bertz CT molecular complexity index is 745. The predicted molar refractivity (Wildman–Crippen MR) is 119 cm³/mol. The van der Waals surface area contributed by atoms with Crippen LogP contribution >= 0.6 is 7.26 Å². The van der Waals surface area contributed by atoms with Crippen molar-refractivity contribution in [3.63, 3.8) is 0 Å². The maximum absolute atomic E-state index is 4.11. The molecule has 0 spiro atoms. The molecule has 0 fully saturated rings. The van der Waals surface area contributed by atoms with Crippen molar-refractivity contribution < 1.29 is 24.0 Å². The van der Waals surface area contributed by atoms with E-state index in [0.717, 1.165) is 24.6 Å². The lowest BCUT2D eigenvalue weighted by molar-refractivity contribution is -0.00000510. The SMILES string of the molecule is C=CC(=C)CCC[P+](c1ccccc1)(c1ccccc1)c1ccccc1.[I-]. The summed E-state index contributed by atoms with van der Waals surface area (Å²) in [6, 6.07) is 33.1. The van der Waals surface area contributed by atoms with Crippen LogP contribution in [-0.4, -0.2) is 6.16 Å². The summed E-state index contributed by atoms with van der Waals surface area (Å²) < 4.78 is 0. The Morgan fingerprint density at radius 2 is 1.07 bits per heavy atom. The van der Waals surface area contributed by atoms with Crippen LogP contribution in [0, 0.1) is 0 Å². The third-order valence-electron chi connectivity index (χ3n) is 4.87. The van der Waals surface area contributed by atoms with E-state index in [-0.39, 0.29) is 24.0 Å². The summed E-state index contributed by atoms with van der Waals surface area (Å²) in [5, 5.41) is 4.34. The first-order chi connectivity index (χ1) is 12.8. The number of hydrogen-bond acceptors (Lipinski definition) is 0. The van der Waals surface area contributed by atoms with Gasteiger partial charge in [0.15, 0.2) is 0 Å². The standard InChI is InChI=1S/C25H26P.HI/c1-3-22(2)14-13-21-26(23-15-7-4-8-16-23,24-17-9-5-10-18-24)25-19-11-6-12-20-25;/h3-12,15-20H,1-2,13-14,21H2;1H/q+1;/p-1. The molecular formula is C25H26IP. The van der Waals surface area contributed by atoms with Crippen LogP contribution in [0.2, 0.25) is 0 Å². The monoisotopic (exact) mass is 484 g/mol. The number of halogens is 1. The molecule has 0 nitrogen and oxygen atoms in total. The van der Waals surface area contributed by atoms with Crippen LogP contribution in [0.25, 0.3) is 0 Å². The molecule has 0 radical (unpaired) electrons. The van der Waals surface area contributed by atoms with Gasteiger partial charge in [0.25, 0.3) is 0 Å². The van der Waals surface area contributed by atoms with Gasteiger partial charge in [0.2, 0.25) is 0 Å². The van der Waals surface area contributed by atoms with Gasteiger partial charge in [0, 0.05) is 0 Å². The van der Waals surface area contributed by atoms with Crippen molar-refractivity contribution in [3.05, 3.63) is 116 Å². The number of rotatable bonds is 8. The molecular weight excluding hydrogens is 458 g/mol. The molecule has 0 aliphatic rings. The Kier molecular flexibility index (Phi) is 8.47. The molecule has 2 heteroatoms. The van der Waals surface area contributed by atoms with E-state index in [1.165, 1.54) is 15.9 Å². The Labute approximate surface area is 181 Å². The summed E-state index contributed by atoms with van der Waals surface area (Å²) in [4.78, 5) is 0. The molecule has 0 bridgehead atoms. The highest BCUT2D eigenvalue weighted by atomic mass is 127. The van der Waals surface area contributed by atoms with Crippen molar-refractivity contribution in [2.24, 2.45) is 0 Å². The first kappa shape index (κ1) is 21.6. The molecule has 0 amide bonds. The predicted octanol–water partition coefficient (Wildman–Crippen LogP) is 2.51. The fourth-order valence-corrected chi connectivity index (χ4v) is 7.87. The molecule has 0 aliphatic carbocycles. The minimum atomic E-state index is -1.70. The lowest BCUT2D eigenvalue weighted by Crippen LogP contribution is -3.00. The lowest BCUT2D eigenvalue weighted by atomic mass is 10.2. The fourth-order valence-electron chi connectivity index (χ4n) is 3.53. The minimum absolute atomic E-state index is 0. The van der Waals surface area contributed by atoms with Crippen molar-refractivity contribution in [2.45, 2.75) is 12.8 Å². The Morgan fingerprint density at radius 3 is 1.41 bits per heavy atom. The van der Waals surface area contributed by atoms with Crippen LogP contribution in [0.15, 0.2) is 116 Å². The summed E-state index contributed by atoms with van der Waals surface area (Å²) >= 11 is 0. The van der Waals surface area contributed by atoms with E-state index >= 15 is 0 Å². The third kappa shape index (κ3) is 4.97. The molecule has 138 valence electrons. The number of hydrogen-bond donors (Lipinski definition) is 0. The molecule has 0 N–H and O–H groups in total. The van der Waals surface area contributed by atoms with Crippen molar-refractivity contribution in [1.29, 1.82) is 0 Å². The second-order valence-electron chi connectivity index (χ2n) is 6.51. The van der Waals surface area contributed by atoms with Crippen LogP contribution < -0.4 is 39.9 Å². The summed E-state index contributed by atoms with van der Waals surface area (Å²) in [6.07, 6.45) is 5.13. The largest absolute Gasteiger partial charge is 1.00 e. The normalized spacial score (nSPS) is 10.7. The fraction of sp³-hybridized carbons (Fsp3) is 0.120. The van der Waals surface area contributed by atoms with E-state index in [0.29, 0.717) is 0 Å². The van der Waals surface area contributed by atoms with Crippen LogP contribution in [0.3, 0.4) is 0 Å². The van der Waals surface area contributed by atoms with Gasteiger partial charge in [0.1, 0.15) is 23.2 Å². The van der Waals surface area contributed by atoms with Gasteiger partial charge >= 0.3 is 0 Å². The minimum Gasteiger partial charge on any atom is -1.00 e. The zero-order valence-corrected chi connectivity index (χ0v) is 18.7. The van der Waals surface area contributed by atoms with Crippen LogP contribution in [-0.2, 0) is 0 Å². The average molecular weight is 484 g/mol. The van der Waals surface area contributed by atoms with Crippen molar-refractivity contribution in [3.8, 4) is 0 Å². The van der Waals surface area contributed by atoms with E-state index in [1.807, 2.05) is 6.08 Å². The zero-order valence-electron chi connectivity index (χ0n) is 15.6. The van der Waals surface area contributed by atoms with E-state index in [2.05, 4.69) is 104 Å². The number of allylic oxidation sites excluding steroid dienone is 2. The average Bonchev–Trinajstić information content (AvgIpc) is 2.73. The van der Waals surface area contributed by atoms with Gasteiger partial charge in [-0.05, 0) is 49.2 Å². The third-order valence-corrected chi connectivity index (χ3v) is 9.40. The molecule has 0 saturated carbocycles. The van der Waals surface area contributed by atoms with Gasteiger partial charge < -0.3 is 24.0 Å². The molecule has 0 atom stereocenters. The van der Waals surface area contributed by atoms with Crippen LogP contribution in [0.4, 0.5) is 0 Å². The van der Waals surface area contributed by atoms with Gasteiger partial charge in [-0.15, -0.1) is 0 Å². The quantitative estimate of drug-likeness (QED) is 0.262. The van der Waals surface area contributed by atoms with Gasteiger partial charge in [-0.1, -0.05) is 79.4 Å². The van der Waals surface area contributed by atoms with Crippen molar-refractivity contribution in [2.75, 3.05) is 6.16 Å². The molecule has 0 heterocycles.